The summed E-state index contributed by atoms with van der Waals surface area (Å²) in [4.78, 5) is 29.8. The average Bonchev–Trinajstić information content (AvgIpc) is 3.11. The number of benzene rings is 1. The summed E-state index contributed by atoms with van der Waals surface area (Å²) in [6.07, 6.45) is 0.670. The van der Waals surface area contributed by atoms with Crippen LogP contribution in [0.15, 0.2) is 29.2 Å². The highest BCUT2D eigenvalue weighted by Crippen LogP contribution is 2.25. The van der Waals surface area contributed by atoms with Gasteiger partial charge in [-0.05, 0) is 35.4 Å². The van der Waals surface area contributed by atoms with E-state index in [4.69, 9.17) is 0 Å². The lowest BCUT2D eigenvalue weighted by Crippen LogP contribution is -2.53. The summed E-state index contributed by atoms with van der Waals surface area (Å²) in [5.74, 6) is -0.322. The number of hydrogen-bond donors (Lipinski definition) is 0. The van der Waals surface area contributed by atoms with Crippen LogP contribution in [-0.4, -0.2) is 75.7 Å². The SMILES string of the molecule is CC(=O)N1CCN(C(=O)N2CCC([S+]([O-])c3ccc(F)cc3)C2)CC1. The van der Waals surface area contributed by atoms with Crippen LogP contribution in [0.5, 0.6) is 0 Å². The molecule has 2 atom stereocenters. The summed E-state index contributed by atoms with van der Waals surface area (Å²) >= 11 is -1.25. The van der Waals surface area contributed by atoms with Crippen molar-refractivity contribution in [2.24, 2.45) is 0 Å². The number of amides is 3. The molecule has 1 aromatic rings. The summed E-state index contributed by atoms with van der Waals surface area (Å²) < 4.78 is 25.6. The quantitative estimate of drug-likeness (QED) is 0.740. The van der Waals surface area contributed by atoms with Crippen LogP contribution in [0.4, 0.5) is 9.18 Å². The van der Waals surface area contributed by atoms with Crippen LogP contribution in [0.3, 0.4) is 0 Å². The Labute approximate surface area is 149 Å². The van der Waals surface area contributed by atoms with Gasteiger partial charge in [-0.15, -0.1) is 0 Å². The van der Waals surface area contributed by atoms with Crippen molar-refractivity contribution in [2.45, 2.75) is 23.5 Å². The van der Waals surface area contributed by atoms with Gasteiger partial charge in [-0.3, -0.25) is 4.79 Å². The molecule has 8 heteroatoms. The van der Waals surface area contributed by atoms with Crippen LogP contribution >= 0.6 is 0 Å². The first kappa shape index (κ1) is 18.0. The molecule has 2 aliphatic heterocycles. The molecule has 2 heterocycles. The number of carbonyl (C=O) groups is 2. The normalized spacial score (nSPS) is 22.2. The molecule has 6 nitrogen and oxygen atoms in total. The van der Waals surface area contributed by atoms with E-state index in [1.54, 1.807) is 14.7 Å². The minimum absolute atomic E-state index is 0.0306. The van der Waals surface area contributed by atoms with Gasteiger partial charge in [-0.2, -0.15) is 0 Å². The minimum Gasteiger partial charge on any atom is -0.611 e. The summed E-state index contributed by atoms with van der Waals surface area (Å²) in [5.41, 5.74) is 0. The number of carbonyl (C=O) groups excluding carboxylic acids is 2. The molecule has 0 spiro atoms. The van der Waals surface area contributed by atoms with E-state index < -0.39 is 11.2 Å². The van der Waals surface area contributed by atoms with Crippen LogP contribution in [0.1, 0.15) is 13.3 Å². The number of likely N-dealkylation sites (tertiary alicyclic amines) is 1. The Morgan fingerprint density at radius 2 is 1.64 bits per heavy atom. The van der Waals surface area contributed by atoms with E-state index in [2.05, 4.69) is 0 Å². The number of nitrogens with zero attached hydrogens (tertiary/aromatic N) is 3. The monoisotopic (exact) mass is 367 g/mol. The highest BCUT2D eigenvalue weighted by atomic mass is 32.2. The molecular weight excluding hydrogens is 345 g/mol. The zero-order valence-corrected chi connectivity index (χ0v) is 15.0. The molecule has 3 amide bonds. The van der Waals surface area contributed by atoms with Crippen molar-refractivity contribution in [3.8, 4) is 0 Å². The van der Waals surface area contributed by atoms with E-state index in [0.717, 1.165) is 0 Å². The molecular formula is C17H22FN3O3S. The van der Waals surface area contributed by atoms with Crippen LogP contribution < -0.4 is 0 Å². The molecule has 0 aromatic heterocycles. The number of urea groups is 1. The molecule has 3 rings (SSSR count). The summed E-state index contributed by atoms with van der Waals surface area (Å²) in [6.45, 7) is 4.72. The first-order valence-corrected chi connectivity index (χ1v) is 9.62. The Morgan fingerprint density at radius 1 is 1.04 bits per heavy atom. The fourth-order valence-corrected chi connectivity index (χ4v) is 4.67. The van der Waals surface area contributed by atoms with Gasteiger partial charge >= 0.3 is 6.03 Å². The highest BCUT2D eigenvalue weighted by molar-refractivity contribution is 7.92. The molecule has 0 N–H and O–H groups in total. The Bertz CT molecular complexity index is 635. The zero-order valence-electron chi connectivity index (χ0n) is 14.2. The topological polar surface area (TPSA) is 66.9 Å². The van der Waals surface area contributed by atoms with Gasteiger partial charge in [0.15, 0.2) is 4.90 Å². The summed E-state index contributed by atoms with van der Waals surface area (Å²) in [7, 11) is 0. The summed E-state index contributed by atoms with van der Waals surface area (Å²) in [5, 5.41) is -0.132. The maximum absolute atomic E-state index is 13.0. The minimum atomic E-state index is -1.25. The van der Waals surface area contributed by atoms with Crippen molar-refractivity contribution in [3.63, 3.8) is 0 Å². The van der Waals surface area contributed by atoms with E-state index in [-0.39, 0.29) is 23.0 Å². The highest BCUT2D eigenvalue weighted by Gasteiger charge is 2.37. The molecule has 25 heavy (non-hydrogen) atoms. The maximum Gasteiger partial charge on any atom is 0.320 e. The Hall–Kier alpha value is -1.80. The van der Waals surface area contributed by atoms with Crippen molar-refractivity contribution in [1.29, 1.82) is 0 Å². The van der Waals surface area contributed by atoms with Crippen LogP contribution in [0.25, 0.3) is 0 Å². The van der Waals surface area contributed by atoms with E-state index in [1.165, 1.54) is 31.2 Å². The Balaban J connectivity index is 1.54. The predicted octanol–water partition coefficient (Wildman–Crippen LogP) is 1.29. The third-order valence-electron chi connectivity index (χ3n) is 4.76. The van der Waals surface area contributed by atoms with Gasteiger partial charge in [0.05, 0.1) is 6.54 Å². The predicted molar refractivity (Wildman–Crippen MR) is 92.0 cm³/mol. The summed E-state index contributed by atoms with van der Waals surface area (Å²) in [6, 6.07) is 5.63. The van der Waals surface area contributed by atoms with Crippen LogP contribution in [0, 0.1) is 5.82 Å². The van der Waals surface area contributed by atoms with E-state index in [0.29, 0.717) is 50.6 Å². The zero-order chi connectivity index (χ0) is 18.0. The largest absolute Gasteiger partial charge is 0.611 e. The molecule has 136 valence electrons. The van der Waals surface area contributed by atoms with Gasteiger partial charge in [0.25, 0.3) is 0 Å². The second-order valence-electron chi connectivity index (χ2n) is 6.38. The van der Waals surface area contributed by atoms with Gasteiger partial charge in [0, 0.05) is 46.1 Å². The third kappa shape index (κ3) is 4.07. The Morgan fingerprint density at radius 3 is 2.24 bits per heavy atom. The number of halogens is 1. The molecule has 0 bridgehead atoms. The molecule has 2 saturated heterocycles. The number of rotatable bonds is 2. The van der Waals surface area contributed by atoms with E-state index in [1.807, 2.05) is 0 Å². The van der Waals surface area contributed by atoms with Crippen LogP contribution in [0.2, 0.25) is 0 Å². The molecule has 0 aliphatic carbocycles. The van der Waals surface area contributed by atoms with E-state index >= 15 is 0 Å². The second kappa shape index (κ2) is 7.61. The van der Waals surface area contributed by atoms with Crippen molar-refractivity contribution < 1.29 is 18.5 Å². The fraction of sp³-hybridized carbons (Fsp3) is 0.529. The average molecular weight is 367 g/mol. The number of piperazine rings is 1. The van der Waals surface area contributed by atoms with Gasteiger partial charge in [0.2, 0.25) is 5.91 Å². The van der Waals surface area contributed by atoms with Gasteiger partial charge in [-0.1, -0.05) is 0 Å². The standard InChI is InChI=1S/C17H22FN3O3S/c1-13(22)19-8-10-20(11-9-19)17(23)21-7-6-16(12-21)25(24)15-4-2-14(18)3-5-15/h2-5,16H,6-12H2,1H3. The van der Waals surface area contributed by atoms with Crippen molar-refractivity contribution in [3.05, 3.63) is 30.1 Å². The van der Waals surface area contributed by atoms with Crippen molar-refractivity contribution >= 4 is 23.1 Å². The lowest BCUT2D eigenvalue weighted by atomic mass is 10.3. The van der Waals surface area contributed by atoms with Gasteiger partial charge in [-0.25, -0.2) is 9.18 Å². The van der Waals surface area contributed by atoms with Crippen LogP contribution in [-0.2, 0) is 16.0 Å². The Kier molecular flexibility index (Phi) is 5.48. The molecule has 2 aliphatic rings. The number of hydrogen-bond acceptors (Lipinski definition) is 3. The second-order valence-corrected chi connectivity index (χ2v) is 8.12. The lowest BCUT2D eigenvalue weighted by Gasteiger charge is -2.36. The molecule has 2 fully saturated rings. The fourth-order valence-electron chi connectivity index (χ4n) is 3.25. The molecule has 0 radical (unpaired) electrons. The lowest BCUT2D eigenvalue weighted by molar-refractivity contribution is -0.130. The molecule has 2 unspecified atom stereocenters. The third-order valence-corrected chi connectivity index (χ3v) is 6.49. The molecule has 0 saturated carbocycles. The van der Waals surface area contributed by atoms with Gasteiger partial charge in [0.1, 0.15) is 11.1 Å². The van der Waals surface area contributed by atoms with Gasteiger partial charge < -0.3 is 19.3 Å². The van der Waals surface area contributed by atoms with Crippen molar-refractivity contribution in [1.82, 2.24) is 14.7 Å². The molecule has 1 aromatic carbocycles. The van der Waals surface area contributed by atoms with E-state index in [9.17, 15) is 18.5 Å². The first-order valence-electron chi connectivity index (χ1n) is 8.41. The smallest absolute Gasteiger partial charge is 0.320 e. The maximum atomic E-state index is 13.0. The van der Waals surface area contributed by atoms with Crippen molar-refractivity contribution in [2.75, 3.05) is 39.3 Å². The first-order chi connectivity index (χ1) is 12.0.